The van der Waals surface area contributed by atoms with Crippen LogP contribution in [-0.4, -0.2) is 63.8 Å². The first kappa shape index (κ1) is 25.3. The van der Waals surface area contributed by atoms with Gasteiger partial charge in [-0.15, -0.1) is 0 Å². The van der Waals surface area contributed by atoms with Crippen LogP contribution in [0.1, 0.15) is 12.7 Å². The van der Waals surface area contributed by atoms with E-state index in [2.05, 4.69) is 33.6 Å². The van der Waals surface area contributed by atoms with Crippen LogP contribution < -0.4 is 15.2 Å². The molecular formula is C20H24F3N5O3S. The van der Waals surface area contributed by atoms with Gasteiger partial charge in [-0.2, -0.15) is 15.6 Å². The van der Waals surface area contributed by atoms with E-state index in [4.69, 9.17) is 14.3 Å². The lowest BCUT2D eigenvalue weighted by atomic mass is 9.94. The Balaban J connectivity index is 0.000000860. The van der Waals surface area contributed by atoms with Gasteiger partial charge in [0.1, 0.15) is 25.0 Å². The normalized spacial score (nSPS) is 19.3. The predicted octanol–water partition coefficient (Wildman–Crippen LogP) is 3.06. The maximum atomic E-state index is 13.4. The quantitative estimate of drug-likeness (QED) is 0.551. The van der Waals surface area contributed by atoms with Crippen molar-refractivity contribution in [2.45, 2.75) is 18.8 Å². The van der Waals surface area contributed by atoms with Crippen LogP contribution in [0.2, 0.25) is 0 Å². The van der Waals surface area contributed by atoms with E-state index < -0.39 is 18.8 Å². The smallest absolute Gasteiger partial charge is 0.272 e. The minimum atomic E-state index is -2.70. The summed E-state index contributed by atoms with van der Waals surface area (Å²) in [5, 5.41) is 4.53. The lowest BCUT2D eigenvalue weighted by Gasteiger charge is -2.38. The van der Waals surface area contributed by atoms with Gasteiger partial charge in [-0.25, -0.2) is 27.7 Å². The molecule has 3 aromatic rings. The number of aromatic nitrogens is 4. The molecule has 4 rings (SSSR count). The summed E-state index contributed by atoms with van der Waals surface area (Å²) in [5.41, 5.74) is 5.08. The molecule has 0 aromatic carbocycles. The molecule has 0 aliphatic carbocycles. The number of hydrogen-bond acceptors (Lipinski definition) is 7. The molecule has 0 unspecified atom stereocenters. The maximum absolute atomic E-state index is 13.4. The Kier molecular flexibility index (Phi) is 8.72. The molecule has 0 spiro atoms. The first-order chi connectivity index (χ1) is 15.3. The van der Waals surface area contributed by atoms with Crippen molar-refractivity contribution in [2.24, 2.45) is 5.73 Å². The highest BCUT2D eigenvalue weighted by Gasteiger charge is 2.39. The van der Waals surface area contributed by atoms with Crippen molar-refractivity contribution in [1.82, 2.24) is 19.6 Å². The second-order valence-electron chi connectivity index (χ2n) is 6.83. The fourth-order valence-electron chi connectivity index (χ4n) is 3.02. The number of fused-ring (bicyclic) bond motifs is 1. The van der Waals surface area contributed by atoms with E-state index in [1.54, 1.807) is 22.8 Å². The monoisotopic (exact) mass is 471 g/mol. The number of carbonyl (C=O) groups is 1. The van der Waals surface area contributed by atoms with Crippen molar-refractivity contribution in [1.29, 1.82) is 0 Å². The number of halogens is 3. The molecule has 3 aromatic heterocycles. The fourth-order valence-corrected chi connectivity index (χ4v) is 5.00. The molecule has 0 saturated carbocycles. The molecule has 8 nitrogen and oxygen atoms in total. The summed E-state index contributed by atoms with van der Waals surface area (Å²) in [7, 11) is 1.66. The molecule has 1 aliphatic rings. The Morgan fingerprint density at radius 2 is 2.00 bits per heavy atom. The maximum Gasteiger partial charge on any atom is 0.272 e. The van der Waals surface area contributed by atoms with Crippen LogP contribution in [-0.2, 0) is 10.2 Å². The van der Waals surface area contributed by atoms with E-state index in [0.29, 0.717) is 11.4 Å². The zero-order chi connectivity index (χ0) is 23.9. The van der Waals surface area contributed by atoms with Gasteiger partial charge in [-0.1, -0.05) is 12.8 Å². The predicted molar refractivity (Wildman–Crippen MR) is 118 cm³/mol. The summed E-state index contributed by atoms with van der Waals surface area (Å²) in [4.78, 5) is 16.4. The molecule has 32 heavy (non-hydrogen) atoms. The Labute approximate surface area is 185 Å². The third-order valence-electron chi connectivity index (χ3n) is 4.25. The van der Waals surface area contributed by atoms with E-state index in [-0.39, 0.29) is 27.5 Å². The minimum Gasteiger partial charge on any atom is -0.482 e. The molecule has 12 heteroatoms. The van der Waals surface area contributed by atoms with Gasteiger partial charge in [0.05, 0.1) is 12.4 Å². The van der Waals surface area contributed by atoms with Gasteiger partial charge in [0.15, 0.2) is 17.2 Å². The van der Waals surface area contributed by atoms with Gasteiger partial charge < -0.3 is 20.0 Å². The van der Waals surface area contributed by atoms with Crippen molar-refractivity contribution in [3.05, 3.63) is 42.2 Å². The largest absolute Gasteiger partial charge is 0.482 e. The van der Waals surface area contributed by atoms with Crippen molar-refractivity contribution in [2.75, 3.05) is 25.2 Å². The van der Waals surface area contributed by atoms with Crippen LogP contribution in [0.5, 0.6) is 17.4 Å². The molecule has 1 fully saturated rings. The number of carbonyl (C=O) groups excluding carboxylic acids is 1. The van der Waals surface area contributed by atoms with Gasteiger partial charge in [0, 0.05) is 23.0 Å². The van der Waals surface area contributed by atoms with Crippen LogP contribution in [0, 0.1) is 5.82 Å². The Hall–Kier alpha value is -2.99. The average Bonchev–Trinajstić information content (AvgIpc) is 3.20. The van der Waals surface area contributed by atoms with Crippen LogP contribution >= 0.6 is 10.5 Å². The molecule has 0 bridgehead atoms. The first-order valence-corrected chi connectivity index (χ1v) is 11.0. The van der Waals surface area contributed by atoms with Crippen LogP contribution in [0.25, 0.3) is 5.65 Å². The summed E-state index contributed by atoms with van der Waals surface area (Å²) < 4.78 is 50.3. The molecule has 1 aliphatic heterocycles. The Morgan fingerprint density at radius 1 is 1.31 bits per heavy atom. The second kappa shape index (κ2) is 11.0. The van der Waals surface area contributed by atoms with Crippen molar-refractivity contribution in [3.8, 4) is 17.4 Å². The summed E-state index contributed by atoms with van der Waals surface area (Å²) >= 11 is 0. The zero-order valence-corrected chi connectivity index (χ0v) is 18.4. The van der Waals surface area contributed by atoms with Crippen molar-refractivity contribution >= 4 is 28.8 Å². The molecule has 1 saturated heterocycles. The van der Waals surface area contributed by atoms with E-state index in [9.17, 15) is 13.2 Å². The Morgan fingerprint density at radius 3 is 2.62 bits per heavy atom. The number of pyridine rings is 2. The number of nitrogens with zero attached hydrogens (tertiary/aromatic N) is 4. The number of alkyl halides is 2. The average molecular weight is 472 g/mol. The summed E-state index contributed by atoms with van der Waals surface area (Å²) in [6.45, 7) is 3.22. The zero-order valence-electron chi connectivity index (χ0n) is 17.6. The van der Waals surface area contributed by atoms with E-state index >= 15 is 0 Å². The summed E-state index contributed by atoms with van der Waals surface area (Å²) in [6, 6.07) is 4.32. The number of hydrogen-bond donors (Lipinski definition) is 1. The van der Waals surface area contributed by atoms with Crippen molar-refractivity contribution in [3.63, 3.8) is 0 Å². The van der Waals surface area contributed by atoms with E-state index in [1.165, 1.54) is 7.05 Å². The molecule has 174 valence electrons. The van der Waals surface area contributed by atoms with Gasteiger partial charge in [-0.3, -0.25) is 0 Å². The van der Waals surface area contributed by atoms with Gasteiger partial charge in [0.25, 0.3) is 12.3 Å². The number of rotatable bonds is 6. The van der Waals surface area contributed by atoms with E-state index in [0.717, 1.165) is 29.6 Å². The lowest BCUT2D eigenvalue weighted by molar-refractivity contribution is -0.0980. The first-order valence-electron chi connectivity index (χ1n) is 9.27. The molecular weight excluding hydrogens is 447 g/mol. The standard InChI is InChI=1S/C18H17F3N4O2S.CH5N.CH2O/c1-18(9-28(2)10-18)17-23-15-4-3-12(7-25(15)24-17)27-16-13(26-8-14(20)21)5-11(19)6-22-16;2*1-2/h3-7,14H,2,8-10H2,1H3;2H2,1H3;1H2. The lowest BCUT2D eigenvalue weighted by Crippen LogP contribution is -2.39. The van der Waals surface area contributed by atoms with Crippen LogP contribution in [0.15, 0.2) is 30.6 Å². The van der Waals surface area contributed by atoms with Crippen LogP contribution in [0.3, 0.4) is 0 Å². The highest BCUT2D eigenvalue weighted by molar-refractivity contribution is 8.15. The highest BCUT2D eigenvalue weighted by Crippen LogP contribution is 2.42. The van der Waals surface area contributed by atoms with Crippen molar-refractivity contribution < 1.29 is 27.4 Å². The second-order valence-corrected chi connectivity index (χ2v) is 8.63. The van der Waals surface area contributed by atoms with E-state index in [1.807, 2.05) is 6.79 Å². The Bertz CT molecular complexity index is 1070. The van der Waals surface area contributed by atoms with Gasteiger partial charge >= 0.3 is 0 Å². The fraction of sp³-hybridized carbons (Fsp3) is 0.350. The molecule has 4 heterocycles. The van der Waals surface area contributed by atoms with Gasteiger partial charge in [0.2, 0.25) is 0 Å². The molecule has 0 atom stereocenters. The van der Waals surface area contributed by atoms with Crippen LogP contribution in [0.4, 0.5) is 13.2 Å². The SMILES string of the molecule is C=O.C=S1CC(C)(c2nc3ccc(Oc4ncc(F)cc4OCC(F)F)cn3n2)C1.CN. The molecule has 0 radical (unpaired) electrons. The topological polar surface area (TPSA) is 105 Å². The third kappa shape index (κ3) is 5.82. The summed E-state index contributed by atoms with van der Waals surface area (Å²) in [5.74, 6) is 6.03. The minimum absolute atomic E-state index is 0.0767. The number of ether oxygens (including phenoxy) is 2. The summed E-state index contributed by atoms with van der Waals surface area (Å²) in [6.07, 6.45) is -0.184. The highest BCUT2D eigenvalue weighted by atomic mass is 32.2. The molecule has 2 N–H and O–H groups in total. The molecule has 0 amide bonds. The number of nitrogens with two attached hydrogens (primary N) is 1. The third-order valence-corrected chi connectivity index (χ3v) is 6.34. The van der Waals surface area contributed by atoms with Gasteiger partial charge in [-0.05, 0) is 19.2 Å².